The third-order valence-corrected chi connectivity index (χ3v) is 6.96. The van der Waals surface area contributed by atoms with Crippen molar-refractivity contribution in [2.45, 2.75) is 59.0 Å². The minimum atomic E-state index is -3.40. The van der Waals surface area contributed by atoms with Crippen LogP contribution in [0.1, 0.15) is 53.4 Å². The first-order valence-corrected chi connectivity index (χ1v) is 11.1. The molecule has 2 fully saturated rings. The van der Waals surface area contributed by atoms with Gasteiger partial charge in [-0.2, -0.15) is 17.0 Å². The van der Waals surface area contributed by atoms with Crippen molar-refractivity contribution in [1.29, 1.82) is 0 Å². The molecule has 0 aliphatic carbocycles. The lowest BCUT2D eigenvalue weighted by Crippen LogP contribution is -2.51. The van der Waals surface area contributed by atoms with Crippen LogP contribution in [0.4, 0.5) is 4.79 Å². The van der Waals surface area contributed by atoms with Crippen LogP contribution in [-0.2, 0) is 14.9 Å². The molecule has 0 spiro atoms. The van der Waals surface area contributed by atoms with Crippen LogP contribution in [0.2, 0.25) is 0 Å². The number of nitrogens with zero attached hydrogens (tertiary/aromatic N) is 3. The second kappa shape index (κ2) is 8.44. The highest BCUT2D eigenvalue weighted by Gasteiger charge is 2.36. The number of carbonyl (C=O) groups excluding carboxylic acids is 1. The van der Waals surface area contributed by atoms with Gasteiger partial charge in [-0.3, -0.25) is 0 Å². The van der Waals surface area contributed by atoms with E-state index in [0.717, 1.165) is 25.7 Å². The molecule has 7 nitrogen and oxygen atoms in total. The highest BCUT2D eigenvalue weighted by molar-refractivity contribution is 7.86. The van der Waals surface area contributed by atoms with Crippen molar-refractivity contribution < 1.29 is 17.9 Å². The largest absolute Gasteiger partial charge is 0.444 e. The molecule has 8 heteroatoms. The van der Waals surface area contributed by atoms with E-state index in [2.05, 4.69) is 6.92 Å². The minimum absolute atomic E-state index is 0.137. The van der Waals surface area contributed by atoms with Crippen molar-refractivity contribution in [2.24, 2.45) is 11.8 Å². The van der Waals surface area contributed by atoms with Gasteiger partial charge >= 0.3 is 6.09 Å². The second-order valence-electron chi connectivity index (χ2n) is 8.84. The molecular formula is C18H35N3O4S. The summed E-state index contributed by atoms with van der Waals surface area (Å²) in [5.74, 6) is 0.552. The van der Waals surface area contributed by atoms with Crippen LogP contribution in [0.25, 0.3) is 0 Å². The van der Waals surface area contributed by atoms with Crippen LogP contribution in [-0.4, -0.2) is 73.4 Å². The fraction of sp³-hybridized carbons (Fsp3) is 0.944. The maximum absolute atomic E-state index is 13.0. The maximum Gasteiger partial charge on any atom is 0.410 e. The zero-order chi connectivity index (χ0) is 19.5. The lowest BCUT2D eigenvalue weighted by atomic mass is 9.99. The Balaban J connectivity index is 1.94. The molecule has 0 aromatic carbocycles. The normalized spacial score (nSPS) is 26.5. The smallest absolute Gasteiger partial charge is 0.410 e. The molecule has 152 valence electrons. The summed E-state index contributed by atoms with van der Waals surface area (Å²) < 4.78 is 34.6. The lowest BCUT2D eigenvalue weighted by Gasteiger charge is -2.38. The van der Waals surface area contributed by atoms with Crippen LogP contribution in [0.3, 0.4) is 0 Å². The Hall–Kier alpha value is -0.860. The topological polar surface area (TPSA) is 70.2 Å². The minimum Gasteiger partial charge on any atom is -0.444 e. The van der Waals surface area contributed by atoms with Crippen molar-refractivity contribution >= 4 is 16.3 Å². The fourth-order valence-electron chi connectivity index (χ4n) is 3.71. The molecule has 0 N–H and O–H groups in total. The molecule has 2 aliphatic rings. The molecule has 26 heavy (non-hydrogen) atoms. The third-order valence-electron chi connectivity index (χ3n) is 4.99. The molecule has 2 aliphatic heterocycles. The third kappa shape index (κ3) is 5.82. The predicted octanol–water partition coefficient (Wildman–Crippen LogP) is 2.54. The van der Waals surface area contributed by atoms with Crippen molar-refractivity contribution in [3.05, 3.63) is 0 Å². The molecule has 2 saturated heterocycles. The van der Waals surface area contributed by atoms with Gasteiger partial charge in [-0.05, 0) is 58.3 Å². The number of carbonyl (C=O) groups is 1. The summed E-state index contributed by atoms with van der Waals surface area (Å²) in [7, 11) is -1.69. The summed E-state index contributed by atoms with van der Waals surface area (Å²) in [5.41, 5.74) is -0.530. The highest BCUT2D eigenvalue weighted by atomic mass is 32.2. The van der Waals surface area contributed by atoms with Crippen LogP contribution in [0, 0.1) is 11.8 Å². The average molecular weight is 390 g/mol. The van der Waals surface area contributed by atoms with Gasteiger partial charge in [-0.15, -0.1) is 0 Å². The van der Waals surface area contributed by atoms with Gasteiger partial charge in [0.25, 0.3) is 10.2 Å². The summed E-state index contributed by atoms with van der Waals surface area (Å²) in [6.07, 6.45) is 3.42. The molecule has 0 aromatic heterocycles. The highest BCUT2D eigenvalue weighted by Crippen LogP contribution is 2.25. The summed E-state index contributed by atoms with van der Waals surface area (Å²) in [6, 6.07) is 0. The molecule has 1 amide bonds. The van der Waals surface area contributed by atoms with Gasteiger partial charge in [-0.1, -0.05) is 6.92 Å². The van der Waals surface area contributed by atoms with Gasteiger partial charge in [0, 0.05) is 39.8 Å². The van der Waals surface area contributed by atoms with Gasteiger partial charge in [0.2, 0.25) is 0 Å². The summed E-state index contributed by atoms with van der Waals surface area (Å²) >= 11 is 0. The number of rotatable bonds is 4. The van der Waals surface area contributed by atoms with Gasteiger partial charge in [-0.25, -0.2) is 4.79 Å². The lowest BCUT2D eigenvalue weighted by molar-refractivity contribution is 0.0257. The van der Waals surface area contributed by atoms with E-state index in [0.29, 0.717) is 38.6 Å². The quantitative estimate of drug-likeness (QED) is 0.741. The van der Waals surface area contributed by atoms with E-state index in [4.69, 9.17) is 4.74 Å². The second-order valence-corrected chi connectivity index (χ2v) is 10.8. The SMILES string of the molecule is C[C@@H]1CCCN(S(=O)(=O)N2CCC[C@@H](CN(C)C(=O)OC(C)(C)C)C2)C1. The standard InChI is InChI=1S/C18H35N3O4S/c1-15-8-6-10-20(12-15)26(23,24)21-11-7-9-16(14-21)13-19(5)17(22)25-18(2,3)4/h15-16H,6-14H2,1-5H3/t15-,16+/m1/s1. The van der Waals surface area contributed by atoms with Gasteiger partial charge < -0.3 is 9.64 Å². The zero-order valence-electron chi connectivity index (χ0n) is 16.9. The number of hydrogen-bond acceptors (Lipinski definition) is 4. The summed E-state index contributed by atoms with van der Waals surface area (Å²) in [4.78, 5) is 13.7. The molecule has 0 saturated carbocycles. The molecule has 2 rings (SSSR count). The van der Waals surface area contributed by atoms with Crippen LogP contribution < -0.4 is 0 Å². The average Bonchev–Trinajstić information content (AvgIpc) is 2.53. The molecule has 0 aromatic rings. The van der Waals surface area contributed by atoms with Gasteiger partial charge in [0.15, 0.2) is 0 Å². The van der Waals surface area contributed by atoms with E-state index >= 15 is 0 Å². The Kier molecular flexibility index (Phi) is 6.96. The molecule has 2 heterocycles. The van der Waals surface area contributed by atoms with Crippen molar-refractivity contribution in [2.75, 3.05) is 39.8 Å². The first-order valence-electron chi connectivity index (χ1n) is 9.68. The first-order chi connectivity index (χ1) is 12.0. The van der Waals surface area contributed by atoms with Crippen LogP contribution >= 0.6 is 0 Å². The molecule has 2 atom stereocenters. The monoisotopic (exact) mass is 389 g/mol. The van der Waals surface area contributed by atoms with Crippen LogP contribution in [0.15, 0.2) is 0 Å². The Labute approximate surface area is 158 Å². The van der Waals surface area contributed by atoms with Crippen molar-refractivity contribution in [1.82, 2.24) is 13.5 Å². The van der Waals surface area contributed by atoms with E-state index in [1.165, 1.54) is 0 Å². The zero-order valence-corrected chi connectivity index (χ0v) is 17.7. The number of ether oxygens (including phenoxy) is 1. The molecule has 0 unspecified atom stereocenters. The summed E-state index contributed by atoms with van der Waals surface area (Å²) in [5, 5.41) is 0. The Bertz CT molecular complexity index is 588. The van der Waals surface area contributed by atoms with Gasteiger partial charge in [0.05, 0.1) is 0 Å². The predicted molar refractivity (Wildman–Crippen MR) is 102 cm³/mol. The van der Waals surface area contributed by atoms with Crippen LogP contribution in [0.5, 0.6) is 0 Å². The van der Waals surface area contributed by atoms with E-state index in [9.17, 15) is 13.2 Å². The Morgan fingerprint density at radius 3 is 2.27 bits per heavy atom. The Morgan fingerprint density at radius 1 is 1.12 bits per heavy atom. The molecular weight excluding hydrogens is 354 g/mol. The fourth-order valence-corrected chi connectivity index (χ4v) is 5.59. The van der Waals surface area contributed by atoms with E-state index in [1.54, 1.807) is 20.6 Å². The number of amides is 1. The van der Waals surface area contributed by atoms with E-state index in [-0.39, 0.29) is 12.0 Å². The van der Waals surface area contributed by atoms with Crippen molar-refractivity contribution in [3.8, 4) is 0 Å². The number of hydrogen-bond donors (Lipinski definition) is 0. The molecule has 0 radical (unpaired) electrons. The van der Waals surface area contributed by atoms with E-state index < -0.39 is 15.8 Å². The van der Waals surface area contributed by atoms with E-state index in [1.807, 2.05) is 20.8 Å². The van der Waals surface area contributed by atoms with Crippen molar-refractivity contribution in [3.63, 3.8) is 0 Å². The molecule has 0 bridgehead atoms. The van der Waals surface area contributed by atoms with Gasteiger partial charge in [0.1, 0.15) is 5.60 Å². The Morgan fingerprint density at radius 2 is 1.69 bits per heavy atom. The number of piperidine rings is 2. The summed E-state index contributed by atoms with van der Waals surface area (Å²) in [6.45, 7) is 10.4. The first kappa shape index (κ1) is 21.4. The maximum atomic E-state index is 13.0.